The number of aryl methyl sites for hydroxylation is 1. The lowest BCUT2D eigenvalue weighted by atomic mass is 10.1. The molecule has 6 nitrogen and oxygen atoms in total. The van der Waals surface area contributed by atoms with Gasteiger partial charge in [0.05, 0.1) is 34.5 Å². The number of fused-ring (bicyclic) bond motifs is 1. The number of nitrogens with one attached hydrogen (secondary N) is 1. The van der Waals surface area contributed by atoms with Crippen LogP contribution >= 0.6 is 0 Å². The SMILES string of the molecule is Cc1nn(C(C)(C)C)c2nc(C3CC3)cc(C(=O)N[C@H](C)c3ccco3)c12. The van der Waals surface area contributed by atoms with Crippen LogP contribution in [0.2, 0.25) is 0 Å². The molecule has 3 aromatic rings. The zero-order valence-corrected chi connectivity index (χ0v) is 16.5. The summed E-state index contributed by atoms with van der Waals surface area (Å²) in [5.41, 5.74) is 3.04. The highest BCUT2D eigenvalue weighted by atomic mass is 16.3. The zero-order valence-electron chi connectivity index (χ0n) is 16.5. The smallest absolute Gasteiger partial charge is 0.252 e. The molecule has 0 saturated heterocycles. The Morgan fingerprint density at radius 3 is 2.70 bits per heavy atom. The number of hydrogen-bond donors (Lipinski definition) is 1. The second kappa shape index (κ2) is 6.22. The number of carbonyl (C=O) groups excluding carboxylic acids is 1. The minimum absolute atomic E-state index is 0.121. The number of nitrogens with zero attached hydrogens (tertiary/aromatic N) is 3. The van der Waals surface area contributed by atoms with Crippen molar-refractivity contribution in [3.05, 3.63) is 47.2 Å². The van der Waals surface area contributed by atoms with E-state index >= 15 is 0 Å². The molecule has 1 N–H and O–H groups in total. The van der Waals surface area contributed by atoms with Crippen molar-refractivity contribution in [2.45, 2.75) is 65.0 Å². The molecule has 142 valence electrons. The highest BCUT2D eigenvalue weighted by Gasteiger charge is 2.30. The van der Waals surface area contributed by atoms with Crippen molar-refractivity contribution in [2.75, 3.05) is 0 Å². The Morgan fingerprint density at radius 1 is 1.37 bits per heavy atom. The van der Waals surface area contributed by atoms with Gasteiger partial charge in [-0.15, -0.1) is 0 Å². The summed E-state index contributed by atoms with van der Waals surface area (Å²) in [4.78, 5) is 18.1. The van der Waals surface area contributed by atoms with Crippen LogP contribution in [-0.2, 0) is 5.54 Å². The molecule has 3 heterocycles. The molecule has 1 amide bonds. The third-order valence-corrected chi connectivity index (χ3v) is 5.03. The molecule has 1 fully saturated rings. The molecular formula is C21H26N4O2. The van der Waals surface area contributed by atoms with Crippen LogP contribution in [0.3, 0.4) is 0 Å². The van der Waals surface area contributed by atoms with Crippen molar-refractivity contribution in [2.24, 2.45) is 0 Å². The predicted octanol–water partition coefficient (Wildman–Crippen LogP) is 4.46. The van der Waals surface area contributed by atoms with Crippen molar-refractivity contribution in [3.63, 3.8) is 0 Å². The largest absolute Gasteiger partial charge is 0.467 e. The lowest BCUT2D eigenvalue weighted by Gasteiger charge is -2.20. The predicted molar refractivity (Wildman–Crippen MR) is 104 cm³/mol. The number of furan rings is 1. The van der Waals surface area contributed by atoms with E-state index in [1.165, 1.54) is 0 Å². The molecule has 1 saturated carbocycles. The van der Waals surface area contributed by atoms with Gasteiger partial charge in [0.15, 0.2) is 5.65 Å². The van der Waals surface area contributed by atoms with Gasteiger partial charge >= 0.3 is 0 Å². The number of hydrogen-bond acceptors (Lipinski definition) is 4. The summed E-state index contributed by atoms with van der Waals surface area (Å²) < 4.78 is 7.36. The Balaban J connectivity index is 1.81. The number of carbonyl (C=O) groups is 1. The van der Waals surface area contributed by atoms with Gasteiger partial charge in [0.2, 0.25) is 0 Å². The van der Waals surface area contributed by atoms with Crippen molar-refractivity contribution in [1.82, 2.24) is 20.1 Å². The van der Waals surface area contributed by atoms with Crippen molar-refractivity contribution in [3.8, 4) is 0 Å². The quantitative estimate of drug-likeness (QED) is 0.740. The second-order valence-corrected chi connectivity index (χ2v) is 8.45. The Kier molecular flexibility index (Phi) is 4.09. The van der Waals surface area contributed by atoms with E-state index in [0.717, 1.165) is 41.0 Å². The van der Waals surface area contributed by atoms with E-state index in [-0.39, 0.29) is 17.5 Å². The van der Waals surface area contributed by atoms with Gasteiger partial charge in [0.1, 0.15) is 5.76 Å². The van der Waals surface area contributed by atoms with Crippen molar-refractivity contribution >= 4 is 16.9 Å². The van der Waals surface area contributed by atoms with Gasteiger partial charge in [-0.1, -0.05) is 0 Å². The van der Waals surface area contributed by atoms with E-state index < -0.39 is 0 Å². The van der Waals surface area contributed by atoms with Crippen LogP contribution in [0.5, 0.6) is 0 Å². The molecule has 3 aromatic heterocycles. The normalized spacial score (nSPS) is 15.9. The standard InChI is InChI=1S/C21H26N4O2/c1-12(17-7-6-10-27-17)22-20(26)15-11-16(14-8-9-14)23-19-18(15)13(2)24-25(19)21(3,4)5/h6-7,10-12,14H,8-9H2,1-5H3,(H,22,26)/t12-/m1/s1. The lowest BCUT2D eigenvalue weighted by Crippen LogP contribution is -2.27. The first-order valence-electron chi connectivity index (χ1n) is 9.50. The maximum absolute atomic E-state index is 13.2. The molecule has 1 aliphatic rings. The summed E-state index contributed by atoms with van der Waals surface area (Å²) in [5, 5.41) is 8.60. The van der Waals surface area contributed by atoms with Gasteiger partial charge in [0, 0.05) is 11.6 Å². The van der Waals surface area contributed by atoms with Crippen LogP contribution < -0.4 is 5.32 Å². The highest BCUT2D eigenvalue weighted by Crippen LogP contribution is 2.41. The van der Waals surface area contributed by atoms with Gasteiger partial charge < -0.3 is 9.73 Å². The molecule has 6 heteroatoms. The molecule has 4 rings (SSSR count). The monoisotopic (exact) mass is 366 g/mol. The minimum Gasteiger partial charge on any atom is -0.467 e. The van der Waals surface area contributed by atoms with E-state index in [1.54, 1.807) is 6.26 Å². The Bertz CT molecular complexity index is 992. The number of amides is 1. The van der Waals surface area contributed by atoms with E-state index in [1.807, 2.05) is 36.7 Å². The van der Waals surface area contributed by atoms with Gasteiger partial charge in [0.25, 0.3) is 5.91 Å². The van der Waals surface area contributed by atoms with Gasteiger partial charge in [-0.05, 0) is 65.7 Å². The van der Waals surface area contributed by atoms with Gasteiger partial charge in [-0.2, -0.15) is 5.10 Å². The molecule has 0 unspecified atom stereocenters. The average Bonchev–Trinajstić information content (AvgIpc) is 3.18. The van der Waals surface area contributed by atoms with Crippen molar-refractivity contribution < 1.29 is 9.21 Å². The molecule has 0 spiro atoms. The van der Waals surface area contributed by atoms with Crippen LogP contribution in [-0.4, -0.2) is 20.7 Å². The molecule has 0 bridgehead atoms. The molecule has 0 aliphatic heterocycles. The number of rotatable bonds is 4. The Labute approximate surface area is 159 Å². The van der Waals surface area contributed by atoms with E-state index in [2.05, 4.69) is 26.1 Å². The van der Waals surface area contributed by atoms with Crippen LogP contribution in [0.15, 0.2) is 28.9 Å². The summed E-state index contributed by atoms with van der Waals surface area (Å²) in [5.74, 6) is 1.06. The summed E-state index contributed by atoms with van der Waals surface area (Å²) in [7, 11) is 0. The fourth-order valence-corrected chi connectivity index (χ4v) is 3.43. The van der Waals surface area contributed by atoms with Gasteiger partial charge in [-0.3, -0.25) is 4.79 Å². The number of aromatic nitrogens is 3. The van der Waals surface area contributed by atoms with E-state index in [9.17, 15) is 4.79 Å². The molecule has 1 atom stereocenters. The molecule has 27 heavy (non-hydrogen) atoms. The maximum Gasteiger partial charge on any atom is 0.252 e. The summed E-state index contributed by atoms with van der Waals surface area (Å²) >= 11 is 0. The maximum atomic E-state index is 13.2. The first-order chi connectivity index (χ1) is 12.8. The molecule has 0 radical (unpaired) electrons. The fourth-order valence-electron chi connectivity index (χ4n) is 3.43. The summed E-state index contributed by atoms with van der Waals surface area (Å²) in [6, 6.07) is 5.43. The second-order valence-electron chi connectivity index (χ2n) is 8.45. The summed E-state index contributed by atoms with van der Waals surface area (Å²) in [6.45, 7) is 10.2. The molecule has 0 aromatic carbocycles. The van der Waals surface area contributed by atoms with Crippen LogP contribution in [0.1, 0.15) is 80.0 Å². The molecule has 1 aliphatic carbocycles. The first-order valence-corrected chi connectivity index (χ1v) is 9.50. The van der Waals surface area contributed by atoms with Crippen molar-refractivity contribution in [1.29, 1.82) is 0 Å². The van der Waals surface area contributed by atoms with E-state index in [0.29, 0.717) is 11.5 Å². The minimum atomic E-state index is -0.211. The van der Waals surface area contributed by atoms with Crippen LogP contribution in [0, 0.1) is 6.92 Å². The zero-order chi connectivity index (χ0) is 19.3. The molecular weight excluding hydrogens is 340 g/mol. The first kappa shape index (κ1) is 17.8. The van der Waals surface area contributed by atoms with Crippen LogP contribution in [0.25, 0.3) is 11.0 Å². The fraction of sp³-hybridized carbons (Fsp3) is 0.476. The Hall–Kier alpha value is -2.63. The van der Waals surface area contributed by atoms with E-state index in [4.69, 9.17) is 14.5 Å². The highest BCUT2D eigenvalue weighted by molar-refractivity contribution is 6.06. The topological polar surface area (TPSA) is 73.0 Å². The Morgan fingerprint density at radius 2 is 2.11 bits per heavy atom. The third-order valence-electron chi connectivity index (χ3n) is 5.03. The van der Waals surface area contributed by atoms with Crippen LogP contribution in [0.4, 0.5) is 0 Å². The average molecular weight is 366 g/mol. The summed E-state index contributed by atoms with van der Waals surface area (Å²) in [6.07, 6.45) is 3.88. The third kappa shape index (κ3) is 3.24. The van der Waals surface area contributed by atoms with Gasteiger partial charge in [-0.25, -0.2) is 9.67 Å². The number of pyridine rings is 1. The lowest BCUT2D eigenvalue weighted by molar-refractivity contribution is 0.0937.